The molecule has 0 aromatic heterocycles. The predicted molar refractivity (Wildman–Crippen MR) is 70.1 cm³/mol. The Morgan fingerprint density at radius 1 is 1.25 bits per heavy atom. The molecule has 2 rings (SSSR count). The Balaban J connectivity index is 1.82. The Morgan fingerprint density at radius 2 is 1.80 bits per heavy atom. The van der Waals surface area contributed by atoms with E-state index in [-0.39, 0.29) is 30.7 Å². The van der Waals surface area contributed by atoms with Crippen LogP contribution < -0.4 is 0 Å². The molecule has 1 heterocycles. The number of carbonyl (C=O) groups excluding carboxylic acids is 1. The Morgan fingerprint density at radius 3 is 2.30 bits per heavy atom. The highest BCUT2D eigenvalue weighted by atomic mass is 19.3. The lowest BCUT2D eigenvalue weighted by Gasteiger charge is -2.38. The number of halogens is 2. The molecule has 1 unspecified atom stereocenters. The van der Waals surface area contributed by atoms with Crippen LogP contribution in [0.4, 0.5) is 8.78 Å². The number of hydrogen-bond donors (Lipinski definition) is 0. The van der Waals surface area contributed by atoms with Gasteiger partial charge in [0.1, 0.15) is 0 Å². The molecule has 1 saturated heterocycles. The Labute approximate surface area is 118 Å². The van der Waals surface area contributed by atoms with E-state index in [1.54, 1.807) is 4.90 Å². The monoisotopic (exact) mass is 285 g/mol. The molecule has 0 aromatic rings. The van der Waals surface area contributed by atoms with Gasteiger partial charge < -0.3 is 4.90 Å². The van der Waals surface area contributed by atoms with Gasteiger partial charge in [-0.1, -0.05) is 0 Å². The van der Waals surface area contributed by atoms with Crippen LogP contribution in [0.5, 0.6) is 0 Å². The number of nitriles is 1. The van der Waals surface area contributed by atoms with Crippen molar-refractivity contribution in [1.82, 2.24) is 9.80 Å². The summed E-state index contributed by atoms with van der Waals surface area (Å²) in [6.45, 7) is 4.41. The molecule has 0 N–H and O–H groups in total. The quantitative estimate of drug-likeness (QED) is 0.778. The second-order valence-corrected chi connectivity index (χ2v) is 5.80. The van der Waals surface area contributed by atoms with Gasteiger partial charge in [0, 0.05) is 44.9 Å². The Bertz CT molecular complexity index is 390. The molecule has 2 aliphatic rings. The third-order valence-electron chi connectivity index (χ3n) is 4.43. The largest absolute Gasteiger partial charge is 0.340 e. The number of hydrogen-bond acceptors (Lipinski definition) is 3. The molecular formula is C14H21F2N3O. The first-order chi connectivity index (χ1) is 9.43. The van der Waals surface area contributed by atoms with Crippen LogP contribution in [0.15, 0.2) is 0 Å². The molecule has 0 bridgehead atoms. The van der Waals surface area contributed by atoms with Gasteiger partial charge in [-0.15, -0.1) is 0 Å². The summed E-state index contributed by atoms with van der Waals surface area (Å²) in [4.78, 5) is 16.1. The smallest absolute Gasteiger partial charge is 0.248 e. The fourth-order valence-corrected chi connectivity index (χ4v) is 2.96. The Kier molecular flexibility index (Phi) is 4.59. The van der Waals surface area contributed by atoms with Crippen molar-refractivity contribution >= 4 is 5.91 Å². The van der Waals surface area contributed by atoms with Crippen molar-refractivity contribution in [2.24, 2.45) is 5.92 Å². The van der Waals surface area contributed by atoms with E-state index in [1.807, 2.05) is 11.8 Å². The normalized spacial score (nSPS) is 26.0. The second-order valence-electron chi connectivity index (χ2n) is 5.80. The van der Waals surface area contributed by atoms with Gasteiger partial charge in [-0.3, -0.25) is 9.69 Å². The maximum Gasteiger partial charge on any atom is 0.248 e. The highest BCUT2D eigenvalue weighted by molar-refractivity contribution is 5.79. The van der Waals surface area contributed by atoms with Crippen molar-refractivity contribution in [2.45, 2.75) is 44.6 Å². The number of rotatable bonds is 2. The van der Waals surface area contributed by atoms with Gasteiger partial charge >= 0.3 is 0 Å². The molecule has 1 atom stereocenters. The molecule has 0 spiro atoms. The number of carbonyl (C=O) groups is 1. The minimum Gasteiger partial charge on any atom is -0.340 e. The summed E-state index contributed by atoms with van der Waals surface area (Å²) in [5, 5.41) is 8.87. The van der Waals surface area contributed by atoms with E-state index in [4.69, 9.17) is 5.26 Å². The van der Waals surface area contributed by atoms with E-state index in [9.17, 15) is 13.6 Å². The summed E-state index contributed by atoms with van der Waals surface area (Å²) in [5.74, 6) is -2.81. The molecule has 112 valence electrons. The van der Waals surface area contributed by atoms with E-state index in [0.29, 0.717) is 39.0 Å². The first-order valence-electron chi connectivity index (χ1n) is 7.23. The van der Waals surface area contributed by atoms with Crippen molar-refractivity contribution < 1.29 is 13.6 Å². The van der Waals surface area contributed by atoms with Crippen molar-refractivity contribution in [2.75, 3.05) is 26.2 Å². The SMILES string of the molecule is CC(C#N)N1CCN(C(=O)C2CCC(F)(F)CC2)CC1. The van der Waals surface area contributed by atoms with Gasteiger partial charge in [-0.25, -0.2) is 8.78 Å². The van der Waals surface area contributed by atoms with Gasteiger partial charge in [0.15, 0.2) is 0 Å². The highest BCUT2D eigenvalue weighted by Gasteiger charge is 2.39. The van der Waals surface area contributed by atoms with Crippen LogP contribution >= 0.6 is 0 Å². The molecule has 1 amide bonds. The molecule has 1 aliphatic carbocycles. The fourth-order valence-electron chi connectivity index (χ4n) is 2.96. The molecule has 20 heavy (non-hydrogen) atoms. The van der Waals surface area contributed by atoms with Gasteiger partial charge in [-0.05, 0) is 19.8 Å². The van der Waals surface area contributed by atoms with Gasteiger partial charge in [0.25, 0.3) is 0 Å². The van der Waals surface area contributed by atoms with Crippen LogP contribution in [0.1, 0.15) is 32.6 Å². The first kappa shape index (κ1) is 15.2. The zero-order valence-corrected chi connectivity index (χ0v) is 11.8. The fraction of sp³-hybridized carbons (Fsp3) is 0.857. The van der Waals surface area contributed by atoms with Crippen molar-refractivity contribution in [3.8, 4) is 6.07 Å². The molecule has 0 radical (unpaired) electrons. The van der Waals surface area contributed by atoms with E-state index in [2.05, 4.69) is 6.07 Å². The molecule has 4 nitrogen and oxygen atoms in total. The summed E-state index contributed by atoms with van der Waals surface area (Å²) < 4.78 is 26.2. The van der Waals surface area contributed by atoms with Crippen LogP contribution in [0.3, 0.4) is 0 Å². The Hall–Kier alpha value is -1.22. The minimum absolute atomic E-state index is 0.0183. The second kappa shape index (κ2) is 6.04. The zero-order chi connectivity index (χ0) is 14.8. The number of nitrogens with zero attached hydrogens (tertiary/aromatic N) is 3. The van der Waals surface area contributed by atoms with Gasteiger partial charge in [0.05, 0.1) is 12.1 Å². The first-order valence-corrected chi connectivity index (χ1v) is 7.23. The van der Waals surface area contributed by atoms with Crippen LogP contribution in [0, 0.1) is 17.2 Å². The number of alkyl halides is 2. The van der Waals surface area contributed by atoms with Crippen LogP contribution in [-0.4, -0.2) is 53.9 Å². The number of piperazine rings is 1. The van der Waals surface area contributed by atoms with Crippen LogP contribution in [0.2, 0.25) is 0 Å². The standard InChI is InChI=1S/C14H21F2N3O/c1-11(10-17)18-6-8-19(9-7-18)13(20)12-2-4-14(15,16)5-3-12/h11-12H,2-9H2,1H3. The molecule has 1 saturated carbocycles. The average Bonchev–Trinajstić information content (AvgIpc) is 2.46. The minimum atomic E-state index is -2.59. The van der Waals surface area contributed by atoms with Gasteiger partial charge in [-0.2, -0.15) is 5.26 Å². The molecular weight excluding hydrogens is 264 g/mol. The molecule has 2 fully saturated rings. The summed E-state index contributed by atoms with van der Waals surface area (Å²) in [5.41, 5.74) is 0. The van der Waals surface area contributed by atoms with Crippen LogP contribution in [-0.2, 0) is 4.79 Å². The van der Waals surface area contributed by atoms with Crippen molar-refractivity contribution in [3.63, 3.8) is 0 Å². The lowest BCUT2D eigenvalue weighted by molar-refractivity contribution is -0.141. The van der Waals surface area contributed by atoms with Crippen molar-refractivity contribution in [3.05, 3.63) is 0 Å². The predicted octanol–water partition coefficient (Wildman–Crippen LogP) is 1.87. The summed E-state index contributed by atoms with van der Waals surface area (Å²) >= 11 is 0. The topological polar surface area (TPSA) is 47.3 Å². The third kappa shape index (κ3) is 3.45. The van der Waals surface area contributed by atoms with E-state index >= 15 is 0 Å². The van der Waals surface area contributed by atoms with Crippen molar-refractivity contribution in [1.29, 1.82) is 5.26 Å². The summed E-state index contributed by atoms with van der Waals surface area (Å²) in [6, 6.07) is 2.05. The highest BCUT2D eigenvalue weighted by Crippen LogP contribution is 2.36. The molecule has 6 heteroatoms. The summed E-state index contributed by atoms with van der Waals surface area (Å²) in [6.07, 6.45) is 0.241. The number of amides is 1. The maximum absolute atomic E-state index is 13.1. The lowest BCUT2D eigenvalue weighted by Crippen LogP contribution is -2.52. The van der Waals surface area contributed by atoms with E-state index in [1.165, 1.54) is 0 Å². The average molecular weight is 285 g/mol. The third-order valence-corrected chi connectivity index (χ3v) is 4.43. The molecule has 1 aliphatic heterocycles. The maximum atomic E-state index is 13.1. The lowest BCUT2D eigenvalue weighted by atomic mass is 9.86. The van der Waals surface area contributed by atoms with E-state index < -0.39 is 5.92 Å². The zero-order valence-electron chi connectivity index (χ0n) is 11.8. The van der Waals surface area contributed by atoms with Crippen LogP contribution in [0.25, 0.3) is 0 Å². The summed E-state index contributed by atoms with van der Waals surface area (Å²) in [7, 11) is 0. The van der Waals surface area contributed by atoms with Gasteiger partial charge in [0.2, 0.25) is 11.8 Å². The molecule has 0 aromatic carbocycles. The van der Waals surface area contributed by atoms with E-state index in [0.717, 1.165) is 0 Å².